The summed E-state index contributed by atoms with van der Waals surface area (Å²) in [6, 6.07) is -0.734. The molecular formula is C58H99NO5. The number of hydrogen-bond donors (Lipinski definition) is 3. The van der Waals surface area contributed by atoms with Gasteiger partial charge in [0.1, 0.15) is 6.10 Å². The van der Waals surface area contributed by atoms with Crippen molar-refractivity contribution in [3.8, 4) is 0 Å². The van der Waals surface area contributed by atoms with Gasteiger partial charge in [0, 0.05) is 6.42 Å². The highest BCUT2D eigenvalue weighted by Crippen LogP contribution is 2.17. The van der Waals surface area contributed by atoms with Gasteiger partial charge in [-0.1, -0.05) is 253 Å². The van der Waals surface area contributed by atoms with E-state index in [2.05, 4.69) is 62.5 Å². The van der Waals surface area contributed by atoms with Crippen molar-refractivity contribution in [2.45, 2.75) is 251 Å². The summed E-state index contributed by atoms with van der Waals surface area (Å²) in [5.41, 5.74) is 0. The van der Waals surface area contributed by atoms with E-state index in [1.165, 1.54) is 109 Å². The fourth-order valence-corrected chi connectivity index (χ4v) is 7.58. The van der Waals surface area contributed by atoms with Crippen molar-refractivity contribution >= 4 is 11.9 Å². The zero-order valence-corrected chi connectivity index (χ0v) is 41.6. The average molecular weight is 890 g/mol. The van der Waals surface area contributed by atoms with E-state index in [9.17, 15) is 19.8 Å². The largest absolute Gasteiger partial charge is 0.462 e. The van der Waals surface area contributed by atoms with Crippen LogP contribution in [-0.2, 0) is 14.3 Å². The third kappa shape index (κ3) is 45.4. The van der Waals surface area contributed by atoms with E-state index in [0.29, 0.717) is 19.3 Å². The van der Waals surface area contributed by atoms with E-state index in [1.807, 2.05) is 60.8 Å². The SMILES string of the molecule is CC\C=C/C=C/C=C/C=C\C=C\C=C\CCCC(CC(=O)NC(CO)C(O)CCCCCCCCCCCCCC)OC(=O)CCCCCCC/C=C/C=C/CCCCCCCCC. The molecule has 0 aromatic heterocycles. The van der Waals surface area contributed by atoms with Gasteiger partial charge in [0.2, 0.25) is 5.91 Å². The fraction of sp³-hybridized carbons (Fsp3) is 0.690. The Morgan fingerprint density at radius 1 is 0.469 bits per heavy atom. The molecule has 0 fully saturated rings. The Kier molecular flexibility index (Phi) is 48.2. The maximum Gasteiger partial charge on any atom is 0.306 e. The molecule has 3 unspecified atom stereocenters. The van der Waals surface area contributed by atoms with Crippen molar-refractivity contribution in [2.75, 3.05) is 6.61 Å². The lowest BCUT2D eigenvalue weighted by atomic mass is 10.0. The highest BCUT2D eigenvalue weighted by Gasteiger charge is 2.24. The van der Waals surface area contributed by atoms with E-state index in [-0.39, 0.29) is 24.9 Å². The first kappa shape index (κ1) is 60.8. The molecule has 366 valence electrons. The van der Waals surface area contributed by atoms with Gasteiger partial charge < -0.3 is 20.3 Å². The average Bonchev–Trinajstić information content (AvgIpc) is 3.29. The molecule has 3 atom stereocenters. The molecule has 0 aliphatic heterocycles. The van der Waals surface area contributed by atoms with Gasteiger partial charge in [-0.15, -0.1) is 0 Å². The van der Waals surface area contributed by atoms with Crippen LogP contribution in [0.2, 0.25) is 0 Å². The normalized spacial score (nSPS) is 14.0. The molecule has 6 nitrogen and oxygen atoms in total. The monoisotopic (exact) mass is 890 g/mol. The Labute approximate surface area is 395 Å². The molecular weight excluding hydrogens is 791 g/mol. The molecule has 0 aromatic carbocycles. The van der Waals surface area contributed by atoms with Crippen molar-refractivity contribution in [3.05, 3.63) is 97.2 Å². The summed E-state index contributed by atoms with van der Waals surface area (Å²) in [6.45, 7) is 6.30. The number of amides is 1. The van der Waals surface area contributed by atoms with Crippen molar-refractivity contribution in [1.82, 2.24) is 5.32 Å². The number of ether oxygens (including phenoxy) is 1. The lowest BCUT2D eigenvalue weighted by Crippen LogP contribution is -2.46. The van der Waals surface area contributed by atoms with Gasteiger partial charge in [-0.2, -0.15) is 0 Å². The number of hydrogen-bond acceptors (Lipinski definition) is 5. The topological polar surface area (TPSA) is 95.9 Å². The lowest BCUT2D eigenvalue weighted by molar-refractivity contribution is -0.151. The standard InChI is InChI=1S/C58H99NO5/c1-4-7-10-13-16-19-22-25-27-28-29-31-33-36-39-42-45-48-51-58(63)64-54(49-46-43-40-37-34-32-30-26-23-20-17-14-11-8-5-2)52-57(62)59-55(53-60)56(61)50-47-44-41-38-35-24-21-18-15-12-9-6-3/h8,11,14,17,20,23,26-32,34,37,40,54-56,60-61H,4-7,9-10,12-13,15-16,18-19,21-22,24-25,33,35-36,38-39,41-53H2,1-3H3,(H,59,62)/b11-8-,17-14+,23-20+,28-27+,30-26-,31-29+,34-32+,40-37+. The summed E-state index contributed by atoms with van der Waals surface area (Å²) in [6.07, 6.45) is 67.5. The van der Waals surface area contributed by atoms with Crippen LogP contribution in [0.4, 0.5) is 0 Å². The van der Waals surface area contributed by atoms with Crippen LogP contribution >= 0.6 is 0 Å². The number of carbonyl (C=O) groups is 2. The number of allylic oxidation sites excluding steroid dienone is 16. The van der Waals surface area contributed by atoms with Crippen molar-refractivity contribution in [2.24, 2.45) is 0 Å². The van der Waals surface area contributed by atoms with Gasteiger partial charge >= 0.3 is 5.97 Å². The predicted molar refractivity (Wildman–Crippen MR) is 277 cm³/mol. The first-order chi connectivity index (χ1) is 31.5. The summed E-state index contributed by atoms with van der Waals surface area (Å²) < 4.78 is 5.90. The van der Waals surface area contributed by atoms with Gasteiger partial charge in [0.25, 0.3) is 0 Å². The smallest absolute Gasteiger partial charge is 0.306 e. The molecule has 0 rings (SSSR count). The Hall–Kier alpha value is -3.22. The van der Waals surface area contributed by atoms with Crippen molar-refractivity contribution in [1.29, 1.82) is 0 Å². The molecule has 0 bridgehead atoms. The number of aliphatic hydroxyl groups is 2. The molecule has 0 saturated carbocycles. The van der Waals surface area contributed by atoms with Crippen LogP contribution in [0, 0.1) is 0 Å². The Morgan fingerprint density at radius 3 is 1.33 bits per heavy atom. The second-order valence-electron chi connectivity index (χ2n) is 17.7. The summed E-state index contributed by atoms with van der Waals surface area (Å²) in [4.78, 5) is 26.2. The molecule has 64 heavy (non-hydrogen) atoms. The van der Waals surface area contributed by atoms with Crippen LogP contribution in [0.15, 0.2) is 97.2 Å². The minimum Gasteiger partial charge on any atom is -0.462 e. The van der Waals surface area contributed by atoms with Crippen LogP contribution in [0.5, 0.6) is 0 Å². The summed E-state index contributed by atoms with van der Waals surface area (Å²) in [5.74, 6) is -0.572. The minimum atomic E-state index is -0.815. The van der Waals surface area contributed by atoms with E-state index in [1.54, 1.807) is 0 Å². The number of aliphatic hydroxyl groups excluding tert-OH is 2. The molecule has 0 aliphatic rings. The van der Waals surface area contributed by atoms with Gasteiger partial charge in [-0.25, -0.2) is 0 Å². The number of unbranched alkanes of at least 4 members (excludes halogenated alkanes) is 24. The zero-order chi connectivity index (χ0) is 46.7. The van der Waals surface area contributed by atoms with Crippen LogP contribution in [0.25, 0.3) is 0 Å². The molecule has 0 aromatic rings. The molecule has 0 saturated heterocycles. The molecule has 0 spiro atoms. The van der Waals surface area contributed by atoms with E-state index in [4.69, 9.17) is 4.74 Å². The molecule has 6 heteroatoms. The maximum atomic E-state index is 13.2. The minimum absolute atomic E-state index is 0.0153. The Morgan fingerprint density at radius 2 is 0.859 bits per heavy atom. The van der Waals surface area contributed by atoms with Gasteiger partial charge in [-0.05, 0) is 64.2 Å². The Bertz CT molecular complexity index is 1270. The predicted octanol–water partition coefficient (Wildman–Crippen LogP) is 16.1. The van der Waals surface area contributed by atoms with E-state index < -0.39 is 18.2 Å². The highest BCUT2D eigenvalue weighted by molar-refractivity contribution is 5.77. The van der Waals surface area contributed by atoms with Crippen molar-refractivity contribution < 1.29 is 24.5 Å². The quantitative estimate of drug-likeness (QED) is 0.0321. The van der Waals surface area contributed by atoms with Crippen LogP contribution < -0.4 is 5.32 Å². The van der Waals surface area contributed by atoms with E-state index >= 15 is 0 Å². The second kappa shape index (κ2) is 50.8. The summed E-state index contributed by atoms with van der Waals surface area (Å²) >= 11 is 0. The molecule has 1 amide bonds. The number of esters is 1. The maximum absolute atomic E-state index is 13.2. The molecule has 0 heterocycles. The first-order valence-corrected chi connectivity index (χ1v) is 26.6. The molecule has 0 aliphatic carbocycles. The molecule has 3 N–H and O–H groups in total. The highest BCUT2D eigenvalue weighted by atomic mass is 16.5. The fourth-order valence-electron chi connectivity index (χ4n) is 7.58. The van der Waals surface area contributed by atoms with Crippen LogP contribution in [0.1, 0.15) is 233 Å². The third-order valence-corrected chi connectivity index (χ3v) is 11.6. The van der Waals surface area contributed by atoms with Crippen LogP contribution in [0.3, 0.4) is 0 Å². The number of carbonyl (C=O) groups excluding carboxylic acids is 2. The molecule has 0 radical (unpaired) electrons. The summed E-state index contributed by atoms with van der Waals surface area (Å²) in [7, 11) is 0. The third-order valence-electron chi connectivity index (χ3n) is 11.6. The first-order valence-electron chi connectivity index (χ1n) is 26.6. The van der Waals surface area contributed by atoms with Crippen LogP contribution in [-0.4, -0.2) is 46.9 Å². The van der Waals surface area contributed by atoms with E-state index in [0.717, 1.165) is 77.0 Å². The Balaban J connectivity index is 4.74. The number of nitrogens with one attached hydrogen (secondary N) is 1. The summed E-state index contributed by atoms with van der Waals surface area (Å²) in [5, 5.41) is 23.7. The zero-order valence-electron chi connectivity index (χ0n) is 41.6. The van der Waals surface area contributed by atoms with Gasteiger partial charge in [-0.3, -0.25) is 9.59 Å². The van der Waals surface area contributed by atoms with Crippen molar-refractivity contribution in [3.63, 3.8) is 0 Å². The number of rotatable bonds is 46. The van der Waals surface area contributed by atoms with Gasteiger partial charge in [0.15, 0.2) is 0 Å². The van der Waals surface area contributed by atoms with Gasteiger partial charge in [0.05, 0.1) is 25.2 Å². The lowest BCUT2D eigenvalue weighted by Gasteiger charge is -2.24. The second-order valence-corrected chi connectivity index (χ2v) is 17.7.